The Morgan fingerprint density at radius 1 is 0.857 bits per heavy atom. The first-order valence-electron chi connectivity index (χ1n) is 9.17. The van der Waals surface area contributed by atoms with E-state index in [9.17, 15) is 0 Å². The Kier molecular flexibility index (Phi) is 12.7. The van der Waals surface area contributed by atoms with Crippen molar-refractivity contribution in [3.8, 4) is 0 Å². The van der Waals surface area contributed by atoms with Crippen LogP contribution in [0, 0.1) is 16.7 Å². The molecular weight excluding hydrogens is 254 g/mol. The zero-order valence-corrected chi connectivity index (χ0v) is 17.0. The molecule has 0 aromatic carbocycles. The Labute approximate surface area is 136 Å². The van der Waals surface area contributed by atoms with Gasteiger partial charge in [-0.3, -0.25) is 0 Å². The standard InChI is InChI=1S/C9H21N.C9H18.C2H6/c1-9(2,3)7-6-8-10(4)5;1-9(2,3)8-6-4-5-7-8;1-2/h6-8H2,1-5H3;8H,4-7H2,1-3H3;1-2H3. The largest absolute Gasteiger partial charge is 0.309 e. The van der Waals surface area contributed by atoms with Crippen LogP contribution >= 0.6 is 0 Å². The zero-order valence-electron chi connectivity index (χ0n) is 17.0. The van der Waals surface area contributed by atoms with Crippen molar-refractivity contribution in [3.05, 3.63) is 0 Å². The smallest absolute Gasteiger partial charge is 0.00246 e. The Hall–Kier alpha value is -0.0400. The van der Waals surface area contributed by atoms with Gasteiger partial charge < -0.3 is 4.90 Å². The summed E-state index contributed by atoms with van der Waals surface area (Å²) in [5, 5.41) is 0. The second-order valence-electron chi connectivity index (χ2n) is 8.81. The van der Waals surface area contributed by atoms with Crippen LogP contribution in [0.2, 0.25) is 0 Å². The molecule has 1 rings (SSSR count). The Morgan fingerprint density at radius 2 is 1.29 bits per heavy atom. The minimum absolute atomic E-state index is 0.510. The van der Waals surface area contributed by atoms with E-state index in [1.807, 2.05) is 13.8 Å². The van der Waals surface area contributed by atoms with Crippen LogP contribution < -0.4 is 0 Å². The van der Waals surface area contributed by atoms with E-state index in [1.165, 1.54) is 45.1 Å². The molecule has 0 spiro atoms. The van der Waals surface area contributed by atoms with Crippen molar-refractivity contribution >= 4 is 0 Å². The summed E-state index contributed by atoms with van der Waals surface area (Å²) in [6.45, 7) is 19.2. The molecule has 21 heavy (non-hydrogen) atoms. The van der Waals surface area contributed by atoms with Crippen LogP contribution in [0.25, 0.3) is 0 Å². The third kappa shape index (κ3) is 16.2. The lowest BCUT2D eigenvalue weighted by Crippen LogP contribution is -2.16. The molecule has 1 heteroatoms. The average molecular weight is 300 g/mol. The number of hydrogen-bond acceptors (Lipinski definition) is 1. The Morgan fingerprint density at radius 3 is 1.52 bits per heavy atom. The molecule has 0 aliphatic heterocycles. The lowest BCUT2D eigenvalue weighted by molar-refractivity contribution is 0.246. The fourth-order valence-corrected chi connectivity index (χ4v) is 2.72. The third-order valence-corrected chi connectivity index (χ3v) is 4.11. The summed E-state index contributed by atoms with van der Waals surface area (Å²) in [6.07, 6.45) is 8.54. The fourth-order valence-electron chi connectivity index (χ4n) is 2.72. The summed E-state index contributed by atoms with van der Waals surface area (Å²) in [4.78, 5) is 2.24. The van der Waals surface area contributed by atoms with E-state index < -0.39 is 0 Å². The molecule has 0 saturated heterocycles. The molecule has 1 aliphatic rings. The van der Waals surface area contributed by atoms with Gasteiger partial charge in [0.2, 0.25) is 0 Å². The zero-order chi connectivity index (χ0) is 17.1. The van der Waals surface area contributed by atoms with Gasteiger partial charge in [0.05, 0.1) is 0 Å². The van der Waals surface area contributed by atoms with Crippen LogP contribution in [-0.2, 0) is 0 Å². The molecule has 130 valence electrons. The molecular formula is C20H45N. The lowest BCUT2D eigenvalue weighted by atomic mass is 9.80. The van der Waals surface area contributed by atoms with E-state index in [0.29, 0.717) is 10.8 Å². The Balaban J connectivity index is 0. The first-order valence-corrected chi connectivity index (χ1v) is 9.17. The van der Waals surface area contributed by atoms with Gasteiger partial charge in [0.15, 0.2) is 0 Å². The van der Waals surface area contributed by atoms with E-state index in [2.05, 4.69) is 60.5 Å². The van der Waals surface area contributed by atoms with Gasteiger partial charge in [-0.25, -0.2) is 0 Å². The second-order valence-corrected chi connectivity index (χ2v) is 8.81. The first-order chi connectivity index (χ1) is 9.52. The van der Waals surface area contributed by atoms with Crippen molar-refractivity contribution in [2.45, 2.75) is 93.9 Å². The molecule has 1 nitrogen and oxygen atoms in total. The number of nitrogens with zero attached hydrogens (tertiary/aromatic N) is 1. The van der Waals surface area contributed by atoms with Gasteiger partial charge in [-0.05, 0) is 63.1 Å². The van der Waals surface area contributed by atoms with Gasteiger partial charge in [-0.2, -0.15) is 0 Å². The minimum Gasteiger partial charge on any atom is -0.309 e. The van der Waals surface area contributed by atoms with Crippen LogP contribution in [-0.4, -0.2) is 25.5 Å². The maximum absolute atomic E-state index is 2.36. The maximum atomic E-state index is 2.36. The predicted molar refractivity (Wildman–Crippen MR) is 100 cm³/mol. The van der Waals surface area contributed by atoms with Gasteiger partial charge >= 0.3 is 0 Å². The molecule has 1 saturated carbocycles. The molecule has 1 aliphatic carbocycles. The van der Waals surface area contributed by atoms with Crippen LogP contribution in [0.5, 0.6) is 0 Å². The van der Waals surface area contributed by atoms with Gasteiger partial charge in [0, 0.05) is 0 Å². The fraction of sp³-hybridized carbons (Fsp3) is 1.00. The summed E-state index contributed by atoms with van der Waals surface area (Å²) in [5.41, 5.74) is 1.09. The SMILES string of the molecule is CC.CC(C)(C)C1CCCC1.CN(C)CCCC(C)(C)C. The van der Waals surface area contributed by atoms with Crippen LogP contribution in [0.15, 0.2) is 0 Å². The minimum atomic E-state index is 0.510. The Bertz CT molecular complexity index is 211. The van der Waals surface area contributed by atoms with Crippen molar-refractivity contribution in [1.82, 2.24) is 4.90 Å². The highest BCUT2D eigenvalue weighted by Crippen LogP contribution is 2.38. The summed E-state index contributed by atoms with van der Waals surface area (Å²) >= 11 is 0. The molecule has 0 heterocycles. The van der Waals surface area contributed by atoms with E-state index in [1.54, 1.807) is 0 Å². The van der Waals surface area contributed by atoms with E-state index in [4.69, 9.17) is 0 Å². The summed E-state index contributed by atoms with van der Waals surface area (Å²) < 4.78 is 0. The summed E-state index contributed by atoms with van der Waals surface area (Å²) in [5.74, 6) is 1.01. The molecule has 0 amide bonds. The topological polar surface area (TPSA) is 3.24 Å². The number of rotatable bonds is 3. The quantitative estimate of drug-likeness (QED) is 0.565. The maximum Gasteiger partial charge on any atom is -0.00246 e. The van der Waals surface area contributed by atoms with Crippen LogP contribution in [0.1, 0.15) is 93.9 Å². The van der Waals surface area contributed by atoms with Crippen molar-refractivity contribution in [2.75, 3.05) is 20.6 Å². The lowest BCUT2D eigenvalue weighted by Gasteiger charge is -2.26. The first kappa shape index (κ1) is 23.2. The predicted octanol–water partition coefficient (Wildman–Crippen LogP) is 6.62. The molecule has 0 unspecified atom stereocenters. The summed E-state index contributed by atoms with van der Waals surface area (Å²) in [7, 11) is 4.26. The average Bonchev–Trinajstić information content (AvgIpc) is 2.83. The molecule has 0 radical (unpaired) electrons. The molecule has 0 aromatic rings. The van der Waals surface area contributed by atoms with Crippen molar-refractivity contribution in [3.63, 3.8) is 0 Å². The van der Waals surface area contributed by atoms with E-state index >= 15 is 0 Å². The van der Waals surface area contributed by atoms with Crippen molar-refractivity contribution in [1.29, 1.82) is 0 Å². The highest BCUT2D eigenvalue weighted by molar-refractivity contribution is 4.78. The van der Waals surface area contributed by atoms with E-state index in [-0.39, 0.29) is 0 Å². The number of hydrogen-bond donors (Lipinski definition) is 0. The summed E-state index contributed by atoms with van der Waals surface area (Å²) in [6, 6.07) is 0. The van der Waals surface area contributed by atoms with E-state index in [0.717, 1.165) is 5.92 Å². The second kappa shape index (κ2) is 11.5. The van der Waals surface area contributed by atoms with Crippen molar-refractivity contribution in [2.24, 2.45) is 16.7 Å². The molecule has 1 fully saturated rings. The molecule has 0 bridgehead atoms. The van der Waals surface area contributed by atoms with Crippen LogP contribution in [0.3, 0.4) is 0 Å². The third-order valence-electron chi connectivity index (χ3n) is 4.11. The van der Waals surface area contributed by atoms with Gasteiger partial charge in [0.1, 0.15) is 0 Å². The van der Waals surface area contributed by atoms with Gasteiger partial charge in [-0.15, -0.1) is 0 Å². The molecule has 0 aromatic heterocycles. The van der Waals surface area contributed by atoms with Gasteiger partial charge in [-0.1, -0.05) is 68.2 Å². The van der Waals surface area contributed by atoms with Crippen molar-refractivity contribution < 1.29 is 0 Å². The molecule has 0 N–H and O–H groups in total. The molecule has 0 atom stereocenters. The highest BCUT2D eigenvalue weighted by atomic mass is 15.0. The normalized spacial score (nSPS) is 16.1. The van der Waals surface area contributed by atoms with Crippen LogP contribution in [0.4, 0.5) is 0 Å². The van der Waals surface area contributed by atoms with Gasteiger partial charge in [0.25, 0.3) is 0 Å². The monoisotopic (exact) mass is 299 g/mol. The highest BCUT2D eigenvalue weighted by Gasteiger charge is 2.26.